The summed E-state index contributed by atoms with van der Waals surface area (Å²) in [6.07, 6.45) is 0. The van der Waals surface area contributed by atoms with Crippen molar-refractivity contribution in [2.45, 2.75) is 7.43 Å². The molecule has 16 aromatic carbocycles. The van der Waals surface area contributed by atoms with Crippen molar-refractivity contribution in [1.82, 2.24) is 0 Å². The predicted molar refractivity (Wildman–Crippen MR) is 501 cm³/mol. The Balaban J connectivity index is 0.000000300. The zero-order valence-electron chi connectivity index (χ0n) is 67.4. The zero-order chi connectivity index (χ0) is 83.5. The first-order valence-electron chi connectivity index (χ1n) is 36.8. The molecule has 0 bridgehead atoms. The maximum Gasteiger partial charge on any atom is 1.00 e. The van der Waals surface area contributed by atoms with Gasteiger partial charge in [0.2, 0.25) is 0 Å². The van der Waals surface area contributed by atoms with E-state index in [-0.39, 0.29) is 159 Å². The largest absolute Gasteiger partial charge is 1.00 e. The molecule has 7 nitrogen and oxygen atoms in total. The van der Waals surface area contributed by atoms with Crippen LogP contribution in [0.1, 0.15) is 8.85 Å². The second-order valence-corrected chi connectivity index (χ2v) is 35.4. The molecule has 0 heterocycles. The molecular formula is C100H86BBrCl2F4K2O7P4Pd. The molecule has 0 saturated heterocycles. The van der Waals surface area contributed by atoms with E-state index in [9.17, 15) is 17.6 Å². The Hall–Kier alpha value is -7.03. The van der Waals surface area contributed by atoms with Crippen LogP contribution < -0.4 is 187 Å². The van der Waals surface area contributed by atoms with Crippen molar-refractivity contribution < 1.29 is 177 Å². The number of benzene rings is 16. The van der Waals surface area contributed by atoms with Crippen molar-refractivity contribution in [2.24, 2.45) is 0 Å². The molecule has 0 aromatic heterocycles. The molecule has 0 aliphatic rings. The molecule has 16 rings (SSSR count). The molecule has 22 heteroatoms. The molecule has 0 fully saturated rings. The van der Waals surface area contributed by atoms with Crippen LogP contribution in [0, 0.1) is 23.3 Å². The van der Waals surface area contributed by atoms with Crippen LogP contribution in [0.15, 0.2) is 441 Å². The minimum Gasteiger partial charge on any atom is -1.00 e. The molecule has 0 amide bonds. The Morgan fingerprint density at radius 3 is 0.721 bits per heavy atom. The summed E-state index contributed by atoms with van der Waals surface area (Å²) in [5.41, 5.74) is 1.00. The van der Waals surface area contributed by atoms with Gasteiger partial charge in [0.05, 0.1) is 28.7 Å². The summed E-state index contributed by atoms with van der Waals surface area (Å²) in [4.78, 5) is 11.2. The van der Waals surface area contributed by atoms with Crippen molar-refractivity contribution >= 4 is 154 Å². The molecule has 2 N–H and O–H groups in total. The van der Waals surface area contributed by atoms with E-state index in [4.69, 9.17) is 52.8 Å². The molecule has 0 spiro atoms. The predicted octanol–water partition coefficient (Wildman–Crippen LogP) is 14.0. The fourth-order valence-corrected chi connectivity index (χ4v) is 21.5. The third-order valence-electron chi connectivity index (χ3n) is 17.0. The number of methoxy groups -OCH3 is 2. The zero-order valence-corrected chi connectivity index (χ0v) is 80.9. The maximum atomic E-state index is 13.7. The van der Waals surface area contributed by atoms with Crippen molar-refractivity contribution in [3.8, 4) is 22.6 Å². The summed E-state index contributed by atoms with van der Waals surface area (Å²) in [6, 6.07) is 147. The minimum atomic E-state index is -1.47. The minimum absolute atomic E-state index is 0. The van der Waals surface area contributed by atoms with Crippen LogP contribution in [0.25, 0.3) is 11.1 Å². The number of para-hydroxylation sites is 2. The molecule has 0 atom stereocenters. The monoisotopic (exact) mass is 1940 g/mol. The first-order valence-corrected chi connectivity index (χ1v) is 43.7. The number of rotatable bonds is 17. The number of hydrogen-bond donors (Lipinski definition) is 2. The number of carbonyl (C=O) groups is 1. The molecular weight excluding hydrogens is 1860 g/mol. The third-order valence-corrected chi connectivity index (χ3v) is 28.0. The van der Waals surface area contributed by atoms with Crippen molar-refractivity contribution in [1.29, 1.82) is 0 Å². The van der Waals surface area contributed by atoms with Crippen LogP contribution in [-0.2, 0) is 30.1 Å². The molecule has 122 heavy (non-hydrogen) atoms. The summed E-state index contributed by atoms with van der Waals surface area (Å²) in [6.45, 7) is -0.181. The summed E-state index contributed by atoms with van der Waals surface area (Å²) in [7, 11) is -0.288. The SMILES string of the molecule is C.COc1ccccc1-c1cc(F)c(Cl)cc1F.COc1ccccc1B(O)O.Fc1cc(Br)c(F)cc1Cl.O=CO[O-].[H-].[K+].[K+].[Pd].c1ccc(P(c2ccccc2)c2ccccc2)cc1.c1ccc(P(c2ccccc2)c2ccccc2)cc1.c1ccc(P(c2ccccc2)c2ccccc2)cc1.c1ccc(P(c2ccccc2)c2ccccc2)cc1. The summed E-state index contributed by atoms with van der Waals surface area (Å²) in [5.74, 6) is -1.47. The van der Waals surface area contributed by atoms with Crippen LogP contribution in [0.5, 0.6) is 11.5 Å². The summed E-state index contributed by atoms with van der Waals surface area (Å²) in [5, 5.41) is 42.4. The Morgan fingerprint density at radius 2 is 0.516 bits per heavy atom. The van der Waals surface area contributed by atoms with Gasteiger partial charge in [-0.2, -0.15) is 0 Å². The van der Waals surface area contributed by atoms with Gasteiger partial charge < -0.3 is 31.1 Å². The van der Waals surface area contributed by atoms with E-state index in [0.29, 0.717) is 22.5 Å². The molecule has 0 radical (unpaired) electrons. The van der Waals surface area contributed by atoms with E-state index < -0.39 is 62.1 Å². The van der Waals surface area contributed by atoms with Gasteiger partial charge in [0.25, 0.3) is 6.47 Å². The molecule has 16 aromatic rings. The van der Waals surface area contributed by atoms with Crippen LogP contribution >= 0.6 is 70.8 Å². The number of ether oxygens (including phenoxy) is 2. The van der Waals surface area contributed by atoms with E-state index in [1.54, 1.807) is 48.5 Å². The topological polar surface area (TPSA) is 108 Å². The van der Waals surface area contributed by atoms with E-state index in [0.717, 1.165) is 24.3 Å². The molecule has 0 aliphatic heterocycles. The Labute approximate surface area is 838 Å². The quantitative estimate of drug-likeness (QED) is 0.0178. The molecule has 0 aliphatic carbocycles. The van der Waals surface area contributed by atoms with E-state index in [2.05, 4.69) is 385 Å². The first kappa shape index (κ1) is 106. The van der Waals surface area contributed by atoms with Crippen LogP contribution in [0.4, 0.5) is 17.6 Å². The van der Waals surface area contributed by atoms with Crippen molar-refractivity contribution in [3.05, 3.63) is 475 Å². The second-order valence-electron chi connectivity index (χ2n) is 24.8. The van der Waals surface area contributed by atoms with Crippen LogP contribution in [0.3, 0.4) is 0 Å². The average Bonchev–Trinajstić information content (AvgIpc) is 0.852. The van der Waals surface area contributed by atoms with Crippen molar-refractivity contribution in [2.75, 3.05) is 14.2 Å². The number of carbonyl (C=O) groups excluding carboxylic acids is 1. The average molecular weight is 1950 g/mol. The first-order chi connectivity index (χ1) is 57.7. The summed E-state index contributed by atoms with van der Waals surface area (Å²) < 4.78 is 62.0. The van der Waals surface area contributed by atoms with Gasteiger partial charge in [0.15, 0.2) is 0 Å². The maximum absolute atomic E-state index is 13.7. The molecule has 0 saturated carbocycles. The standard InChI is InChI=1S/4C18H15P.C13H9ClF2O.C7H9BO3.C6H2BrClF2.CH2O3.CH4.2K.Pd.H/c4*1-4-10-16(11-5-1)19(17-12-6-2-7-13-17)18-14-8-3-9-15-18;1-17-13-5-3-2-4-8(13)9-6-12(16)10(14)7-11(9)15;1-11-7-5-3-2-4-6(7)8(9)10;7-3-1-6(10)4(8)2-5(3)9;2-1-4-3;;;;;/h4*1-15H;2-7H,1H3;2-5,9-10H,1H3;1-2H;1,3H;1H4;;;;/q;;;;;;;;;2*+1;;-1/p-1. The second kappa shape index (κ2) is 59.8. The Kier molecular flexibility index (Phi) is 51.7. The Morgan fingerprint density at radius 1 is 0.320 bits per heavy atom. The van der Waals surface area contributed by atoms with E-state index in [1.807, 2.05) is 0 Å². The van der Waals surface area contributed by atoms with Gasteiger partial charge in [-0.25, -0.2) is 17.6 Å². The van der Waals surface area contributed by atoms with E-state index in [1.165, 1.54) is 77.9 Å². The third kappa shape index (κ3) is 34.0. The normalized spacial score (nSPS) is 9.87. The number of hydrogen-bond acceptors (Lipinski definition) is 7. The fraction of sp³-hybridized carbons (Fsp3) is 0.0300. The van der Waals surface area contributed by atoms with Gasteiger partial charge in [0, 0.05) is 37.0 Å². The van der Waals surface area contributed by atoms with Crippen molar-refractivity contribution in [3.63, 3.8) is 0 Å². The van der Waals surface area contributed by atoms with Gasteiger partial charge in [-0.3, -0.25) is 4.79 Å². The van der Waals surface area contributed by atoms with Gasteiger partial charge in [0.1, 0.15) is 34.8 Å². The Bertz CT molecular complexity index is 4650. The fourth-order valence-electron chi connectivity index (χ4n) is 11.7. The van der Waals surface area contributed by atoms with Gasteiger partial charge in [-0.05, 0) is 148 Å². The van der Waals surface area contributed by atoms with Gasteiger partial charge in [-0.1, -0.05) is 431 Å². The van der Waals surface area contributed by atoms with Crippen LogP contribution in [0.2, 0.25) is 10.0 Å². The van der Waals surface area contributed by atoms with Crippen LogP contribution in [-0.4, -0.2) is 37.9 Å². The van der Waals surface area contributed by atoms with E-state index >= 15 is 0 Å². The molecule has 0 unspecified atom stereocenters. The smallest absolute Gasteiger partial charge is 1.00 e. The number of halogens is 7. The van der Waals surface area contributed by atoms with Gasteiger partial charge >= 0.3 is 110 Å². The van der Waals surface area contributed by atoms with Gasteiger partial charge in [-0.15, -0.1) is 0 Å². The summed E-state index contributed by atoms with van der Waals surface area (Å²) >= 11 is 13.6. The molecule has 612 valence electrons.